The van der Waals surface area contributed by atoms with Gasteiger partial charge in [0.05, 0.1) is 21.6 Å². The Morgan fingerprint density at radius 2 is 1.83 bits per heavy atom. The molecule has 0 radical (unpaired) electrons. The summed E-state index contributed by atoms with van der Waals surface area (Å²) in [5.41, 5.74) is 0.531. The molecule has 0 saturated heterocycles. The monoisotopic (exact) mass is 367 g/mol. The van der Waals surface area contributed by atoms with Gasteiger partial charge in [0.15, 0.2) is 9.84 Å². The van der Waals surface area contributed by atoms with Gasteiger partial charge in [-0.3, -0.25) is 4.79 Å². The van der Waals surface area contributed by atoms with E-state index in [0.717, 1.165) is 6.26 Å². The molecule has 0 aliphatic rings. The predicted molar refractivity (Wildman–Crippen MR) is 94.7 cm³/mol. The smallest absolute Gasteiger partial charge is 0.256 e. The number of halogens is 1. The maximum absolute atomic E-state index is 12.4. The average molecular weight is 368 g/mol. The molecule has 2 aromatic carbocycles. The molecule has 1 amide bonds. The molecule has 0 bridgehead atoms. The Bertz CT molecular complexity index is 863. The van der Waals surface area contributed by atoms with E-state index in [-0.39, 0.29) is 16.6 Å². The fourth-order valence-electron chi connectivity index (χ4n) is 2.10. The molecule has 5 nitrogen and oxygen atoms in total. The summed E-state index contributed by atoms with van der Waals surface area (Å²) in [6.45, 7) is 3.77. The van der Waals surface area contributed by atoms with Crippen LogP contribution in [-0.4, -0.2) is 26.7 Å². The molecule has 0 aliphatic carbocycles. The Morgan fingerprint density at radius 3 is 2.42 bits per heavy atom. The highest BCUT2D eigenvalue weighted by molar-refractivity contribution is 7.90. The summed E-state index contributed by atoms with van der Waals surface area (Å²) in [7, 11) is -3.51. The van der Waals surface area contributed by atoms with Crippen molar-refractivity contribution in [2.24, 2.45) is 0 Å². The summed E-state index contributed by atoms with van der Waals surface area (Å²) in [4.78, 5) is 12.4. The normalized spacial score (nSPS) is 11.4. The van der Waals surface area contributed by atoms with Gasteiger partial charge < -0.3 is 10.1 Å². The van der Waals surface area contributed by atoms with Gasteiger partial charge in [0.2, 0.25) is 0 Å². The first kappa shape index (κ1) is 18.3. The lowest BCUT2D eigenvalue weighted by molar-refractivity contribution is 0.102. The van der Waals surface area contributed by atoms with Gasteiger partial charge in [-0.15, -0.1) is 0 Å². The Hall–Kier alpha value is -2.05. The quantitative estimate of drug-likeness (QED) is 0.872. The van der Waals surface area contributed by atoms with Crippen molar-refractivity contribution >= 4 is 33.0 Å². The van der Waals surface area contributed by atoms with Crippen LogP contribution >= 0.6 is 11.6 Å². The lowest BCUT2D eigenvalue weighted by Gasteiger charge is -2.13. The molecule has 0 saturated carbocycles. The van der Waals surface area contributed by atoms with Gasteiger partial charge in [-0.05, 0) is 44.2 Å². The van der Waals surface area contributed by atoms with Crippen molar-refractivity contribution in [2.45, 2.75) is 24.8 Å². The fourth-order valence-corrected chi connectivity index (χ4v) is 3.22. The number of carbonyl (C=O) groups excluding carboxylic acids is 1. The summed E-state index contributed by atoms with van der Waals surface area (Å²) in [6.07, 6.45) is 1.04. The van der Waals surface area contributed by atoms with Crippen LogP contribution in [-0.2, 0) is 9.84 Å². The van der Waals surface area contributed by atoms with E-state index in [1.165, 1.54) is 12.1 Å². The van der Waals surface area contributed by atoms with E-state index in [0.29, 0.717) is 16.5 Å². The summed E-state index contributed by atoms with van der Waals surface area (Å²) >= 11 is 6.13. The second-order valence-corrected chi connectivity index (χ2v) is 7.93. The van der Waals surface area contributed by atoms with E-state index in [4.69, 9.17) is 16.3 Å². The van der Waals surface area contributed by atoms with Crippen molar-refractivity contribution in [2.75, 3.05) is 11.6 Å². The molecule has 0 aromatic heterocycles. The Morgan fingerprint density at radius 1 is 1.17 bits per heavy atom. The molecule has 2 aromatic rings. The maximum Gasteiger partial charge on any atom is 0.256 e. The molecular weight excluding hydrogens is 350 g/mol. The molecule has 24 heavy (non-hydrogen) atoms. The van der Waals surface area contributed by atoms with Gasteiger partial charge in [0, 0.05) is 11.9 Å². The van der Waals surface area contributed by atoms with Crippen LogP contribution in [0.4, 0.5) is 5.69 Å². The van der Waals surface area contributed by atoms with Gasteiger partial charge in [-0.2, -0.15) is 0 Å². The number of carbonyl (C=O) groups is 1. The lowest BCUT2D eigenvalue weighted by Crippen LogP contribution is -2.16. The van der Waals surface area contributed by atoms with Crippen LogP contribution in [0.5, 0.6) is 5.75 Å². The van der Waals surface area contributed by atoms with E-state index in [1.54, 1.807) is 30.3 Å². The third kappa shape index (κ3) is 4.49. The second kappa shape index (κ2) is 7.23. The molecule has 0 aliphatic heterocycles. The van der Waals surface area contributed by atoms with Crippen LogP contribution in [0.2, 0.25) is 5.02 Å². The van der Waals surface area contributed by atoms with Gasteiger partial charge in [0.25, 0.3) is 5.91 Å². The maximum atomic E-state index is 12.4. The molecule has 0 atom stereocenters. The molecule has 2 rings (SSSR count). The van der Waals surface area contributed by atoms with Crippen LogP contribution in [0, 0.1) is 0 Å². The van der Waals surface area contributed by atoms with Crippen molar-refractivity contribution in [3.05, 3.63) is 53.1 Å². The van der Waals surface area contributed by atoms with Crippen molar-refractivity contribution in [3.8, 4) is 5.75 Å². The number of amides is 1. The van der Waals surface area contributed by atoms with E-state index >= 15 is 0 Å². The summed E-state index contributed by atoms with van der Waals surface area (Å²) in [5, 5.41) is 3.01. The van der Waals surface area contributed by atoms with E-state index < -0.39 is 15.7 Å². The van der Waals surface area contributed by atoms with E-state index in [1.807, 2.05) is 13.8 Å². The minimum absolute atomic E-state index is 0.0200. The zero-order valence-electron chi connectivity index (χ0n) is 13.5. The standard InChI is InChI=1S/C17H18ClNO4S/c1-11(2)23-15-9-8-12(10-14(15)18)19-17(20)13-6-4-5-7-16(13)24(3,21)22/h4-11H,1-3H3,(H,19,20). The van der Waals surface area contributed by atoms with Crippen LogP contribution in [0.15, 0.2) is 47.4 Å². The first-order valence-corrected chi connectivity index (χ1v) is 9.52. The Labute approximate surface area is 146 Å². The van der Waals surface area contributed by atoms with Crippen molar-refractivity contribution in [1.82, 2.24) is 0 Å². The molecule has 0 heterocycles. The molecule has 128 valence electrons. The fraction of sp³-hybridized carbons (Fsp3) is 0.235. The lowest BCUT2D eigenvalue weighted by atomic mass is 10.2. The zero-order chi connectivity index (χ0) is 17.9. The van der Waals surface area contributed by atoms with Crippen molar-refractivity contribution < 1.29 is 17.9 Å². The number of benzene rings is 2. The number of anilines is 1. The topological polar surface area (TPSA) is 72.5 Å². The average Bonchev–Trinajstić information content (AvgIpc) is 2.49. The van der Waals surface area contributed by atoms with Gasteiger partial charge in [-0.25, -0.2) is 8.42 Å². The largest absolute Gasteiger partial charge is 0.489 e. The number of nitrogens with one attached hydrogen (secondary N) is 1. The van der Waals surface area contributed by atoms with E-state index in [2.05, 4.69) is 5.32 Å². The third-order valence-electron chi connectivity index (χ3n) is 3.08. The van der Waals surface area contributed by atoms with Crippen LogP contribution in [0.3, 0.4) is 0 Å². The van der Waals surface area contributed by atoms with Crippen LogP contribution in [0.1, 0.15) is 24.2 Å². The number of hydrogen-bond donors (Lipinski definition) is 1. The molecular formula is C17H18ClNO4S. The van der Waals surface area contributed by atoms with Gasteiger partial charge >= 0.3 is 0 Å². The minimum atomic E-state index is -3.51. The summed E-state index contributed by atoms with van der Waals surface area (Å²) in [6, 6.07) is 10.9. The molecule has 0 unspecified atom stereocenters. The minimum Gasteiger partial charge on any atom is -0.489 e. The molecule has 0 spiro atoms. The van der Waals surface area contributed by atoms with Crippen molar-refractivity contribution in [1.29, 1.82) is 0 Å². The Kier molecular flexibility index (Phi) is 5.51. The van der Waals surface area contributed by atoms with Crippen LogP contribution in [0.25, 0.3) is 0 Å². The van der Waals surface area contributed by atoms with Crippen LogP contribution < -0.4 is 10.1 Å². The molecule has 1 N–H and O–H groups in total. The van der Waals surface area contributed by atoms with Gasteiger partial charge in [0.1, 0.15) is 5.75 Å². The molecule has 7 heteroatoms. The zero-order valence-corrected chi connectivity index (χ0v) is 15.1. The first-order valence-electron chi connectivity index (χ1n) is 7.25. The number of ether oxygens (including phenoxy) is 1. The first-order chi connectivity index (χ1) is 11.2. The SMILES string of the molecule is CC(C)Oc1ccc(NC(=O)c2ccccc2S(C)(=O)=O)cc1Cl. The van der Waals surface area contributed by atoms with Gasteiger partial charge in [-0.1, -0.05) is 23.7 Å². The highest BCUT2D eigenvalue weighted by atomic mass is 35.5. The third-order valence-corrected chi connectivity index (χ3v) is 4.53. The second-order valence-electron chi connectivity index (χ2n) is 5.53. The number of rotatable bonds is 5. The van der Waals surface area contributed by atoms with E-state index in [9.17, 15) is 13.2 Å². The summed E-state index contributed by atoms with van der Waals surface area (Å²) < 4.78 is 29.1. The van der Waals surface area contributed by atoms with Crippen molar-refractivity contribution in [3.63, 3.8) is 0 Å². The summed E-state index contributed by atoms with van der Waals surface area (Å²) in [5.74, 6) is -0.00850. The highest BCUT2D eigenvalue weighted by Gasteiger charge is 2.18. The number of hydrogen-bond acceptors (Lipinski definition) is 4. The Balaban J connectivity index is 2.27. The number of sulfone groups is 1. The molecule has 0 fully saturated rings. The highest BCUT2D eigenvalue weighted by Crippen LogP contribution is 2.29. The predicted octanol–water partition coefficient (Wildman–Crippen LogP) is 3.78.